The number of carbonyl (C=O) groups excluding carboxylic acids is 1. The molecule has 4 rings (SSSR count). The largest absolute Gasteiger partial charge is 0.502 e. The zero-order valence-electron chi connectivity index (χ0n) is 24.1. The van der Waals surface area contributed by atoms with E-state index < -0.39 is 23.1 Å². The Labute approximate surface area is 238 Å². The first kappa shape index (κ1) is 29.6. The molecule has 3 aromatic rings. The van der Waals surface area contributed by atoms with Crippen molar-refractivity contribution in [2.75, 3.05) is 49.2 Å². The Morgan fingerprint density at radius 2 is 1.56 bits per heavy atom. The van der Waals surface area contributed by atoms with Crippen LogP contribution in [0, 0.1) is 0 Å². The van der Waals surface area contributed by atoms with E-state index in [1.54, 1.807) is 26.4 Å². The van der Waals surface area contributed by atoms with Crippen LogP contribution in [0.2, 0.25) is 0 Å². The van der Waals surface area contributed by atoms with Gasteiger partial charge < -0.3 is 37.9 Å². The van der Waals surface area contributed by atoms with Crippen LogP contribution in [0.3, 0.4) is 0 Å². The molecule has 11 nitrogen and oxygen atoms in total. The molecule has 0 saturated carbocycles. The number of nitrogens with zero attached hydrogens (tertiary/aromatic N) is 1. The number of esters is 1. The third kappa shape index (κ3) is 6.04. The van der Waals surface area contributed by atoms with Gasteiger partial charge in [-0.15, -0.1) is 0 Å². The first-order valence-corrected chi connectivity index (χ1v) is 13.0. The lowest BCUT2D eigenvalue weighted by Crippen LogP contribution is -2.30. The number of hydrogen-bond acceptors (Lipinski definition) is 11. The van der Waals surface area contributed by atoms with Gasteiger partial charge in [0.05, 0.1) is 61.5 Å². The van der Waals surface area contributed by atoms with Crippen molar-refractivity contribution in [1.29, 1.82) is 0 Å². The maximum absolute atomic E-state index is 13.0. The molecular weight excluding hydrogens is 534 g/mol. The Balaban J connectivity index is 1.73. The van der Waals surface area contributed by atoms with Gasteiger partial charge in [0, 0.05) is 24.7 Å². The molecule has 11 heteroatoms. The third-order valence-electron chi connectivity index (χ3n) is 7.20. The molecule has 2 aromatic carbocycles. The normalized spacial score (nSPS) is 13.6. The van der Waals surface area contributed by atoms with Crippen LogP contribution in [0.1, 0.15) is 40.5 Å². The summed E-state index contributed by atoms with van der Waals surface area (Å²) in [6.07, 6.45) is 0.527. The number of fused-ring (bicyclic) bond motifs is 1. The summed E-state index contributed by atoms with van der Waals surface area (Å²) in [5.74, 6) is 0.444. The molecule has 1 N–H and O–H groups in total. The Kier molecular flexibility index (Phi) is 9.28. The lowest BCUT2D eigenvalue weighted by atomic mass is 9.90. The van der Waals surface area contributed by atoms with Gasteiger partial charge in [0.2, 0.25) is 16.9 Å². The van der Waals surface area contributed by atoms with Gasteiger partial charge >= 0.3 is 5.97 Å². The summed E-state index contributed by atoms with van der Waals surface area (Å²) < 4.78 is 38.5. The summed E-state index contributed by atoms with van der Waals surface area (Å²) in [5.41, 5.74) is 2.05. The summed E-state index contributed by atoms with van der Waals surface area (Å²) in [6, 6.07) is 8.52. The van der Waals surface area contributed by atoms with E-state index in [9.17, 15) is 14.7 Å². The highest BCUT2D eigenvalue weighted by molar-refractivity contribution is 5.72. The van der Waals surface area contributed by atoms with Gasteiger partial charge in [-0.2, -0.15) is 0 Å². The van der Waals surface area contributed by atoms with Crippen LogP contribution < -0.4 is 29.1 Å². The standard InChI is InChI=1S/C30H35NO10/c1-35-23-8-7-20(29(39-5)30(23)40-6)21(14-26(33)38-4)28-27(34)22(32)13-19(41-28)16-31-10-9-17-11-24(36-2)25(37-3)12-18(17)15-31/h7-8,11-13,21,34H,9-10,14-16H2,1-6H3/t21-/m1/s1. The SMILES string of the molecule is COC(=O)C[C@H](c1ccc(OC)c(OC)c1OC)c1oc(CN2CCc3cc(OC)c(OC)cc3C2)cc(=O)c1O. The van der Waals surface area contributed by atoms with E-state index in [2.05, 4.69) is 4.90 Å². The highest BCUT2D eigenvalue weighted by atomic mass is 16.5. The predicted molar refractivity (Wildman–Crippen MR) is 149 cm³/mol. The van der Waals surface area contributed by atoms with Crippen LogP contribution in [-0.2, 0) is 29.0 Å². The molecule has 0 aliphatic carbocycles. The van der Waals surface area contributed by atoms with E-state index in [1.807, 2.05) is 12.1 Å². The monoisotopic (exact) mass is 569 g/mol. The van der Waals surface area contributed by atoms with E-state index in [0.29, 0.717) is 54.0 Å². The zero-order valence-corrected chi connectivity index (χ0v) is 24.1. The fourth-order valence-electron chi connectivity index (χ4n) is 5.16. The third-order valence-corrected chi connectivity index (χ3v) is 7.20. The fourth-order valence-corrected chi connectivity index (χ4v) is 5.16. The molecule has 41 heavy (non-hydrogen) atoms. The molecule has 220 valence electrons. The number of methoxy groups -OCH3 is 6. The molecule has 1 aliphatic rings. The van der Waals surface area contributed by atoms with E-state index in [-0.39, 0.29) is 17.9 Å². The highest BCUT2D eigenvalue weighted by Gasteiger charge is 2.32. The molecule has 0 fully saturated rings. The predicted octanol–water partition coefficient (Wildman–Crippen LogP) is 3.64. The Morgan fingerprint density at radius 3 is 2.17 bits per heavy atom. The van der Waals surface area contributed by atoms with Gasteiger partial charge in [0.1, 0.15) is 5.76 Å². The lowest BCUT2D eigenvalue weighted by molar-refractivity contribution is -0.140. The van der Waals surface area contributed by atoms with Crippen molar-refractivity contribution in [2.45, 2.75) is 31.8 Å². The molecular formula is C30H35NO10. The average Bonchev–Trinajstić information content (AvgIpc) is 2.99. The van der Waals surface area contributed by atoms with Crippen molar-refractivity contribution in [2.24, 2.45) is 0 Å². The van der Waals surface area contributed by atoms with Crippen LogP contribution >= 0.6 is 0 Å². The van der Waals surface area contributed by atoms with Crippen molar-refractivity contribution in [3.63, 3.8) is 0 Å². The van der Waals surface area contributed by atoms with Crippen molar-refractivity contribution in [3.05, 3.63) is 68.8 Å². The van der Waals surface area contributed by atoms with E-state index in [0.717, 1.165) is 17.5 Å². The summed E-state index contributed by atoms with van der Waals surface area (Å²) in [4.78, 5) is 27.6. The maximum Gasteiger partial charge on any atom is 0.306 e. The van der Waals surface area contributed by atoms with Crippen LogP contribution in [-0.4, -0.2) is 65.2 Å². The van der Waals surface area contributed by atoms with Gasteiger partial charge in [0.15, 0.2) is 28.8 Å². The van der Waals surface area contributed by atoms with Crippen molar-refractivity contribution >= 4 is 5.97 Å². The Hall–Kier alpha value is -4.38. The molecule has 1 atom stereocenters. The summed E-state index contributed by atoms with van der Waals surface area (Å²) in [5, 5.41) is 10.9. The molecule has 0 spiro atoms. The zero-order chi connectivity index (χ0) is 29.7. The number of aromatic hydroxyl groups is 1. The summed E-state index contributed by atoms with van der Waals surface area (Å²) in [6.45, 7) is 1.59. The first-order chi connectivity index (χ1) is 19.8. The second-order valence-corrected chi connectivity index (χ2v) is 9.48. The van der Waals surface area contributed by atoms with E-state index in [4.69, 9.17) is 32.8 Å². The molecule has 0 bridgehead atoms. The number of rotatable bonds is 11. The number of carbonyl (C=O) groups is 1. The lowest BCUT2D eigenvalue weighted by Gasteiger charge is -2.29. The maximum atomic E-state index is 13.0. The Bertz CT molecular complexity index is 1460. The Morgan fingerprint density at radius 1 is 0.902 bits per heavy atom. The topological polar surface area (TPSA) is 126 Å². The van der Waals surface area contributed by atoms with Gasteiger partial charge in [0.25, 0.3) is 0 Å². The molecule has 0 unspecified atom stereocenters. The summed E-state index contributed by atoms with van der Waals surface area (Å²) in [7, 11) is 8.85. The smallest absolute Gasteiger partial charge is 0.306 e. The molecule has 0 saturated heterocycles. The fraction of sp³-hybridized carbons (Fsp3) is 0.400. The number of ether oxygens (including phenoxy) is 6. The van der Waals surface area contributed by atoms with Gasteiger partial charge in [-0.1, -0.05) is 6.07 Å². The van der Waals surface area contributed by atoms with Crippen LogP contribution in [0.4, 0.5) is 0 Å². The van der Waals surface area contributed by atoms with Crippen LogP contribution in [0.5, 0.6) is 34.5 Å². The highest BCUT2D eigenvalue weighted by Crippen LogP contribution is 2.46. The molecule has 1 aliphatic heterocycles. The first-order valence-electron chi connectivity index (χ1n) is 13.0. The number of benzene rings is 2. The quantitative estimate of drug-likeness (QED) is 0.340. The minimum absolute atomic E-state index is 0.0766. The van der Waals surface area contributed by atoms with Crippen LogP contribution in [0.15, 0.2) is 39.5 Å². The average molecular weight is 570 g/mol. The van der Waals surface area contributed by atoms with E-state index >= 15 is 0 Å². The second-order valence-electron chi connectivity index (χ2n) is 9.48. The molecule has 2 heterocycles. The second kappa shape index (κ2) is 12.9. The van der Waals surface area contributed by atoms with Gasteiger partial charge in [-0.05, 0) is 35.7 Å². The van der Waals surface area contributed by atoms with E-state index in [1.165, 1.54) is 34.5 Å². The van der Waals surface area contributed by atoms with Gasteiger partial charge in [-0.25, -0.2) is 0 Å². The van der Waals surface area contributed by atoms with Crippen LogP contribution in [0.25, 0.3) is 0 Å². The molecule has 1 aromatic heterocycles. The summed E-state index contributed by atoms with van der Waals surface area (Å²) >= 11 is 0. The minimum Gasteiger partial charge on any atom is -0.502 e. The van der Waals surface area contributed by atoms with Gasteiger partial charge in [-0.3, -0.25) is 14.5 Å². The number of hydrogen-bond donors (Lipinski definition) is 1. The van der Waals surface area contributed by atoms with Crippen molar-refractivity contribution < 1.29 is 42.7 Å². The van der Waals surface area contributed by atoms with Crippen molar-refractivity contribution in [3.8, 4) is 34.5 Å². The van der Waals surface area contributed by atoms with Crippen molar-refractivity contribution in [1.82, 2.24) is 4.90 Å². The molecule has 0 amide bonds. The molecule has 0 radical (unpaired) electrons. The minimum atomic E-state index is -0.927.